The van der Waals surface area contributed by atoms with E-state index in [1.54, 1.807) is 4.90 Å². The van der Waals surface area contributed by atoms with Gasteiger partial charge in [0.1, 0.15) is 0 Å². The molecule has 2 heterocycles. The molecule has 0 spiro atoms. The second kappa shape index (κ2) is 9.23. The normalized spacial score (nSPS) is 23.6. The standard InChI is InChI=1S/C20H28N2O6S/c1-15-11-16(2)13-22(12-15)29(25,26)18-5-3-17(4-6-18)20(24)28-14-19(23)21-7-9-27-10-8-21/h3-6,15-16H,7-14H2,1-2H3. The highest BCUT2D eigenvalue weighted by molar-refractivity contribution is 7.89. The molecule has 1 aromatic carbocycles. The van der Waals surface area contributed by atoms with Crippen LogP contribution in [0.1, 0.15) is 30.6 Å². The summed E-state index contributed by atoms with van der Waals surface area (Å²) < 4.78 is 37.6. The van der Waals surface area contributed by atoms with Gasteiger partial charge in [0.2, 0.25) is 10.0 Å². The van der Waals surface area contributed by atoms with Crippen molar-refractivity contribution in [2.24, 2.45) is 11.8 Å². The fourth-order valence-corrected chi connectivity index (χ4v) is 5.51. The van der Waals surface area contributed by atoms with E-state index in [-0.39, 0.29) is 23.0 Å². The molecule has 1 amide bonds. The second-order valence-corrected chi connectivity index (χ2v) is 9.80. The van der Waals surface area contributed by atoms with Gasteiger partial charge in [-0.15, -0.1) is 0 Å². The van der Waals surface area contributed by atoms with Crippen LogP contribution in [0.5, 0.6) is 0 Å². The summed E-state index contributed by atoms with van der Waals surface area (Å²) in [6.45, 7) is 6.68. The molecule has 0 N–H and O–H groups in total. The SMILES string of the molecule is CC1CC(C)CN(S(=O)(=O)c2ccc(C(=O)OCC(=O)N3CCOCC3)cc2)C1. The quantitative estimate of drug-likeness (QED) is 0.663. The fraction of sp³-hybridized carbons (Fsp3) is 0.600. The van der Waals surface area contributed by atoms with Gasteiger partial charge < -0.3 is 14.4 Å². The summed E-state index contributed by atoms with van der Waals surface area (Å²) >= 11 is 0. The first-order chi connectivity index (χ1) is 13.8. The number of benzene rings is 1. The molecule has 0 aromatic heterocycles. The van der Waals surface area contributed by atoms with E-state index in [1.165, 1.54) is 28.6 Å². The Hall–Kier alpha value is -1.97. The molecule has 9 heteroatoms. The van der Waals surface area contributed by atoms with Crippen molar-refractivity contribution in [2.75, 3.05) is 46.0 Å². The summed E-state index contributed by atoms with van der Waals surface area (Å²) in [5.41, 5.74) is 0.208. The third kappa shape index (κ3) is 5.34. The topological polar surface area (TPSA) is 93.2 Å². The third-order valence-corrected chi connectivity index (χ3v) is 7.10. The molecule has 2 saturated heterocycles. The molecule has 2 fully saturated rings. The van der Waals surface area contributed by atoms with Crippen LogP contribution in [0.3, 0.4) is 0 Å². The average Bonchev–Trinajstić information content (AvgIpc) is 2.71. The van der Waals surface area contributed by atoms with E-state index in [0.29, 0.717) is 51.2 Å². The maximum atomic E-state index is 12.9. The molecule has 2 unspecified atom stereocenters. The van der Waals surface area contributed by atoms with Crippen LogP contribution in [0.15, 0.2) is 29.2 Å². The third-order valence-electron chi connectivity index (χ3n) is 5.25. The highest BCUT2D eigenvalue weighted by Gasteiger charge is 2.31. The van der Waals surface area contributed by atoms with Gasteiger partial charge in [0.15, 0.2) is 6.61 Å². The minimum atomic E-state index is -3.60. The van der Waals surface area contributed by atoms with Gasteiger partial charge in [-0.3, -0.25) is 4.79 Å². The predicted molar refractivity (Wildman–Crippen MR) is 106 cm³/mol. The summed E-state index contributed by atoms with van der Waals surface area (Å²) in [4.78, 5) is 26.0. The summed E-state index contributed by atoms with van der Waals surface area (Å²) in [7, 11) is -3.60. The maximum absolute atomic E-state index is 12.9. The second-order valence-electron chi connectivity index (χ2n) is 7.86. The largest absolute Gasteiger partial charge is 0.452 e. The highest BCUT2D eigenvalue weighted by Crippen LogP contribution is 2.26. The zero-order chi connectivity index (χ0) is 21.0. The zero-order valence-electron chi connectivity index (χ0n) is 16.9. The molecule has 0 bridgehead atoms. The zero-order valence-corrected chi connectivity index (χ0v) is 17.7. The Morgan fingerprint density at radius 1 is 1.07 bits per heavy atom. The molecule has 2 atom stereocenters. The first-order valence-corrected chi connectivity index (χ1v) is 11.3. The van der Waals surface area contributed by atoms with Crippen LogP contribution in [-0.4, -0.2) is 75.5 Å². The lowest BCUT2D eigenvalue weighted by atomic mass is 9.94. The van der Waals surface area contributed by atoms with Crippen LogP contribution in [0.4, 0.5) is 0 Å². The van der Waals surface area contributed by atoms with Crippen LogP contribution in [0.25, 0.3) is 0 Å². The van der Waals surface area contributed by atoms with E-state index in [2.05, 4.69) is 13.8 Å². The van der Waals surface area contributed by atoms with Crippen molar-refractivity contribution >= 4 is 21.9 Å². The van der Waals surface area contributed by atoms with Gasteiger partial charge in [-0.25, -0.2) is 13.2 Å². The van der Waals surface area contributed by atoms with Gasteiger partial charge in [-0.05, 0) is 42.5 Å². The van der Waals surface area contributed by atoms with Crippen molar-refractivity contribution in [2.45, 2.75) is 25.2 Å². The number of amides is 1. The molecular weight excluding hydrogens is 396 g/mol. The Balaban J connectivity index is 1.60. The molecule has 29 heavy (non-hydrogen) atoms. The van der Waals surface area contributed by atoms with Crippen LogP contribution in [0.2, 0.25) is 0 Å². The smallest absolute Gasteiger partial charge is 0.338 e. The van der Waals surface area contributed by atoms with Gasteiger partial charge >= 0.3 is 5.97 Å². The van der Waals surface area contributed by atoms with Gasteiger partial charge in [0.25, 0.3) is 5.91 Å². The molecule has 0 radical (unpaired) electrons. The Labute approximate surface area is 171 Å². The molecule has 2 aliphatic heterocycles. The van der Waals surface area contributed by atoms with E-state index in [9.17, 15) is 18.0 Å². The van der Waals surface area contributed by atoms with Crippen LogP contribution in [0, 0.1) is 11.8 Å². The lowest BCUT2D eigenvalue weighted by molar-refractivity contribution is -0.138. The number of hydrogen-bond donors (Lipinski definition) is 0. The highest BCUT2D eigenvalue weighted by atomic mass is 32.2. The van der Waals surface area contributed by atoms with E-state index in [1.807, 2.05) is 0 Å². The molecule has 2 aliphatic rings. The number of hydrogen-bond acceptors (Lipinski definition) is 6. The maximum Gasteiger partial charge on any atom is 0.338 e. The Morgan fingerprint density at radius 3 is 2.24 bits per heavy atom. The lowest BCUT2D eigenvalue weighted by Gasteiger charge is -2.34. The molecule has 0 aliphatic carbocycles. The van der Waals surface area contributed by atoms with Crippen LogP contribution >= 0.6 is 0 Å². The summed E-state index contributed by atoms with van der Waals surface area (Å²) in [6, 6.07) is 5.68. The van der Waals surface area contributed by atoms with Crippen molar-refractivity contribution in [3.8, 4) is 0 Å². The van der Waals surface area contributed by atoms with E-state index in [0.717, 1.165) is 6.42 Å². The van der Waals surface area contributed by atoms with E-state index >= 15 is 0 Å². The monoisotopic (exact) mass is 424 g/mol. The minimum absolute atomic E-state index is 0.153. The van der Waals surface area contributed by atoms with Gasteiger partial charge in [-0.2, -0.15) is 4.31 Å². The van der Waals surface area contributed by atoms with Crippen molar-refractivity contribution < 1.29 is 27.5 Å². The molecule has 0 saturated carbocycles. The van der Waals surface area contributed by atoms with Crippen molar-refractivity contribution in [3.05, 3.63) is 29.8 Å². The minimum Gasteiger partial charge on any atom is -0.452 e. The Morgan fingerprint density at radius 2 is 1.66 bits per heavy atom. The van der Waals surface area contributed by atoms with Gasteiger partial charge in [0, 0.05) is 26.2 Å². The number of rotatable bonds is 5. The van der Waals surface area contributed by atoms with E-state index in [4.69, 9.17) is 9.47 Å². The predicted octanol–water partition coefficient (Wildman–Crippen LogP) is 1.37. The first-order valence-electron chi connectivity index (χ1n) is 9.90. The fourth-order valence-electron chi connectivity index (χ4n) is 3.83. The number of carbonyl (C=O) groups excluding carboxylic acids is 2. The summed E-state index contributed by atoms with van der Waals surface area (Å²) in [5, 5.41) is 0. The number of ether oxygens (including phenoxy) is 2. The molecular formula is C20H28N2O6S. The number of nitrogens with zero attached hydrogens (tertiary/aromatic N) is 2. The Kier molecular flexibility index (Phi) is 6.92. The molecule has 160 valence electrons. The number of carbonyl (C=O) groups is 2. The summed E-state index contributed by atoms with van der Waals surface area (Å²) in [6.07, 6.45) is 1.01. The Bertz CT molecular complexity index is 823. The van der Waals surface area contributed by atoms with E-state index < -0.39 is 16.0 Å². The lowest BCUT2D eigenvalue weighted by Crippen LogP contribution is -2.42. The molecule has 8 nitrogen and oxygen atoms in total. The number of piperidine rings is 1. The van der Waals surface area contributed by atoms with Crippen LogP contribution < -0.4 is 0 Å². The number of sulfonamides is 1. The van der Waals surface area contributed by atoms with Crippen LogP contribution in [-0.2, 0) is 24.3 Å². The number of morpholine rings is 1. The van der Waals surface area contributed by atoms with Gasteiger partial charge in [0.05, 0.1) is 23.7 Å². The number of esters is 1. The molecule has 1 aromatic rings. The van der Waals surface area contributed by atoms with Gasteiger partial charge in [-0.1, -0.05) is 13.8 Å². The first kappa shape index (κ1) is 21.7. The van der Waals surface area contributed by atoms with Crippen molar-refractivity contribution in [3.63, 3.8) is 0 Å². The molecule has 3 rings (SSSR count). The van der Waals surface area contributed by atoms with Crippen molar-refractivity contribution in [1.82, 2.24) is 9.21 Å². The average molecular weight is 425 g/mol. The summed E-state index contributed by atoms with van der Waals surface area (Å²) in [5.74, 6) is -0.302. The van der Waals surface area contributed by atoms with Crippen molar-refractivity contribution in [1.29, 1.82) is 0 Å².